The van der Waals surface area contributed by atoms with Crippen LogP contribution in [0.25, 0.3) is 11.0 Å². The first-order valence-electron chi connectivity index (χ1n) is 11.2. The van der Waals surface area contributed by atoms with Crippen molar-refractivity contribution in [1.82, 2.24) is 9.55 Å². The van der Waals surface area contributed by atoms with Gasteiger partial charge in [0.05, 0.1) is 28.6 Å². The predicted molar refractivity (Wildman–Crippen MR) is 123 cm³/mol. The number of hydrogen-bond acceptors (Lipinski definition) is 6. The van der Waals surface area contributed by atoms with Crippen molar-refractivity contribution >= 4 is 34.5 Å². The number of rotatable bonds is 8. The maximum absolute atomic E-state index is 13.7. The molecule has 3 aromatic rings. The Hall–Kier alpha value is -3.75. The highest BCUT2D eigenvalue weighted by Gasteiger charge is 2.47. The molecule has 1 aliphatic rings. The average molecular weight is 450 g/mol. The zero-order chi connectivity index (χ0) is 23.5. The van der Waals surface area contributed by atoms with E-state index in [0.717, 1.165) is 24.8 Å². The van der Waals surface area contributed by atoms with E-state index in [2.05, 4.69) is 6.92 Å². The number of imidazole rings is 1. The second-order valence-corrected chi connectivity index (χ2v) is 7.99. The Kier molecular flexibility index (Phi) is 6.39. The molecule has 9 nitrogen and oxygen atoms in total. The van der Waals surface area contributed by atoms with Crippen LogP contribution in [0.1, 0.15) is 44.7 Å². The molecule has 1 aliphatic heterocycles. The van der Waals surface area contributed by atoms with Gasteiger partial charge in [0.15, 0.2) is 5.92 Å². The maximum Gasteiger partial charge on any atom is 0.321 e. The van der Waals surface area contributed by atoms with Crippen LogP contribution in [0, 0.1) is 16.0 Å². The van der Waals surface area contributed by atoms with Gasteiger partial charge in [0, 0.05) is 18.7 Å². The number of unbranched alkanes of at least 4 members (excludes halogenated alkanes) is 2. The van der Waals surface area contributed by atoms with Gasteiger partial charge in [-0.3, -0.25) is 24.6 Å². The first-order chi connectivity index (χ1) is 16.0. The molecular formula is C24H26N4O5. The van der Waals surface area contributed by atoms with E-state index in [1.165, 1.54) is 12.1 Å². The number of ether oxygens (including phenoxy) is 1. The third-order valence-electron chi connectivity index (χ3n) is 5.89. The van der Waals surface area contributed by atoms with Crippen molar-refractivity contribution in [2.75, 3.05) is 18.1 Å². The van der Waals surface area contributed by atoms with E-state index in [0.29, 0.717) is 23.6 Å². The minimum absolute atomic E-state index is 0.112. The zero-order valence-corrected chi connectivity index (χ0v) is 18.6. The largest absolute Gasteiger partial charge is 0.465 e. The Morgan fingerprint density at radius 1 is 1.15 bits per heavy atom. The van der Waals surface area contributed by atoms with E-state index < -0.39 is 28.8 Å². The number of carbonyl (C=O) groups excluding carboxylic acids is 2. The predicted octanol–water partition coefficient (Wildman–Crippen LogP) is 4.25. The van der Waals surface area contributed by atoms with E-state index in [1.807, 2.05) is 28.8 Å². The normalized spacial score (nSPS) is 17.8. The number of non-ortho nitro benzene ring substituents is 1. The number of amides is 1. The molecule has 1 aromatic heterocycles. The quantitative estimate of drug-likeness (QED) is 0.167. The third-order valence-corrected chi connectivity index (χ3v) is 5.89. The smallest absolute Gasteiger partial charge is 0.321 e. The summed E-state index contributed by atoms with van der Waals surface area (Å²) in [6, 6.07) is 12.7. The fraction of sp³-hybridized carbons (Fsp3) is 0.375. The van der Waals surface area contributed by atoms with E-state index in [9.17, 15) is 19.7 Å². The fourth-order valence-corrected chi connectivity index (χ4v) is 4.40. The Morgan fingerprint density at radius 2 is 1.94 bits per heavy atom. The van der Waals surface area contributed by atoms with Crippen molar-refractivity contribution in [3.63, 3.8) is 0 Å². The minimum atomic E-state index is -1.18. The molecule has 33 heavy (non-hydrogen) atoms. The van der Waals surface area contributed by atoms with Gasteiger partial charge in [-0.2, -0.15) is 0 Å². The molecule has 4 rings (SSSR count). The highest BCUT2D eigenvalue weighted by molar-refractivity contribution is 6.08. The maximum atomic E-state index is 13.7. The Balaban J connectivity index is 1.96. The number of nitro benzene ring substituents is 1. The summed E-state index contributed by atoms with van der Waals surface area (Å²) in [6.45, 7) is 4.31. The van der Waals surface area contributed by atoms with Gasteiger partial charge < -0.3 is 9.30 Å². The molecule has 2 heterocycles. The molecule has 172 valence electrons. The summed E-state index contributed by atoms with van der Waals surface area (Å²) in [5.74, 6) is -1.79. The number of para-hydroxylation sites is 2. The Bertz CT molecular complexity index is 1200. The number of hydrogen-bond donors (Lipinski definition) is 0. The van der Waals surface area contributed by atoms with Crippen LogP contribution in [-0.2, 0) is 14.3 Å². The standard InChI is InChI=1S/C24H26N4O5/c1-3-5-8-14-26-22(29)20(23(30)33-4-2)21(16-10-9-11-17(15-16)28(31)32)27-19-13-7-6-12-18(19)25-24(26)27/h6-7,9-13,15,20-21H,3-5,8,14H2,1-2H3. The Morgan fingerprint density at radius 3 is 2.67 bits per heavy atom. The van der Waals surface area contributed by atoms with Crippen molar-refractivity contribution in [2.24, 2.45) is 5.92 Å². The Labute approximate surface area is 191 Å². The summed E-state index contributed by atoms with van der Waals surface area (Å²) >= 11 is 0. The monoisotopic (exact) mass is 450 g/mol. The molecule has 2 atom stereocenters. The summed E-state index contributed by atoms with van der Waals surface area (Å²) in [5.41, 5.74) is 1.79. The van der Waals surface area contributed by atoms with E-state index >= 15 is 0 Å². The number of nitrogens with zero attached hydrogens (tertiary/aromatic N) is 4. The summed E-state index contributed by atoms with van der Waals surface area (Å²) in [7, 11) is 0. The van der Waals surface area contributed by atoms with Crippen LogP contribution in [0.15, 0.2) is 48.5 Å². The van der Waals surface area contributed by atoms with Crippen molar-refractivity contribution in [3.8, 4) is 0 Å². The number of fused-ring (bicyclic) bond motifs is 3. The topological polar surface area (TPSA) is 108 Å². The highest BCUT2D eigenvalue weighted by atomic mass is 16.6. The molecule has 0 aliphatic carbocycles. The number of carbonyl (C=O) groups is 2. The molecule has 0 saturated heterocycles. The van der Waals surface area contributed by atoms with Gasteiger partial charge in [-0.25, -0.2) is 4.98 Å². The molecule has 2 aromatic carbocycles. The number of nitro groups is 1. The van der Waals surface area contributed by atoms with Crippen molar-refractivity contribution in [1.29, 1.82) is 0 Å². The molecule has 0 radical (unpaired) electrons. The van der Waals surface area contributed by atoms with Gasteiger partial charge in [0.2, 0.25) is 11.9 Å². The lowest BCUT2D eigenvalue weighted by Crippen LogP contribution is -2.50. The number of anilines is 1. The van der Waals surface area contributed by atoms with E-state index in [-0.39, 0.29) is 12.3 Å². The zero-order valence-electron chi connectivity index (χ0n) is 18.6. The highest BCUT2D eigenvalue weighted by Crippen LogP contribution is 2.42. The summed E-state index contributed by atoms with van der Waals surface area (Å²) in [4.78, 5) is 44.1. The SMILES string of the molecule is CCCCCN1C(=O)C(C(=O)OCC)C(c2cccc([N+](=O)[O-])c2)n2c1nc1ccccc12. The third kappa shape index (κ3) is 4.06. The molecular weight excluding hydrogens is 424 g/mol. The minimum Gasteiger partial charge on any atom is -0.465 e. The second kappa shape index (κ2) is 9.40. The lowest BCUT2D eigenvalue weighted by molar-refractivity contribution is -0.384. The van der Waals surface area contributed by atoms with Gasteiger partial charge in [0.25, 0.3) is 5.69 Å². The van der Waals surface area contributed by atoms with E-state index in [4.69, 9.17) is 9.72 Å². The van der Waals surface area contributed by atoms with Crippen LogP contribution >= 0.6 is 0 Å². The number of esters is 1. The molecule has 0 N–H and O–H groups in total. The van der Waals surface area contributed by atoms with Crippen LogP contribution in [0.2, 0.25) is 0 Å². The van der Waals surface area contributed by atoms with Crippen LogP contribution < -0.4 is 4.90 Å². The van der Waals surface area contributed by atoms with Crippen LogP contribution in [-0.4, -0.2) is 39.5 Å². The van der Waals surface area contributed by atoms with Crippen LogP contribution in [0.3, 0.4) is 0 Å². The number of aromatic nitrogens is 2. The fourth-order valence-electron chi connectivity index (χ4n) is 4.40. The van der Waals surface area contributed by atoms with Crippen LogP contribution in [0.4, 0.5) is 11.6 Å². The van der Waals surface area contributed by atoms with Crippen molar-refractivity contribution in [2.45, 2.75) is 39.2 Å². The summed E-state index contributed by atoms with van der Waals surface area (Å²) in [5, 5.41) is 11.4. The first kappa shape index (κ1) is 22.4. The molecule has 0 spiro atoms. The molecule has 0 fully saturated rings. The first-order valence-corrected chi connectivity index (χ1v) is 11.2. The second-order valence-electron chi connectivity index (χ2n) is 7.99. The van der Waals surface area contributed by atoms with E-state index in [1.54, 1.807) is 24.0 Å². The van der Waals surface area contributed by atoms with Gasteiger partial charge in [-0.05, 0) is 31.0 Å². The molecule has 0 bridgehead atoms. The van der Waals surface area contributed by atoms with Gasteiger partial charge >= 0.3 is 5.97 Å². The van der Waals surface area contributed by atoms with Crippen molar-refractivity contribution in [3.05, 3.63) is 64.2 Å². The summed E-state index contributed by atoms with van der Waals surface area (Å²) in [6.07, 6.45) is 2.68. The molecule has 2 unspecified atom stereocenters. The molecule has 9 heteroatoms. The van der Waals surface area contributed by atoms with Gasteiger partial charge in [-0.15, -0.1) is 0 Å². The summed E-state index contributed by atoms with van der Waals surface area (Å²) < 4.78 is 7.16. The lowest BCUT2D eigenvalue weighted by Gasteiger charge is -2.37. The number of benzene rings is 2. The lowest BCUT2D eigenvalue weighted by atomic mass is 9.89. The van der Waals surface area contributed by atoms with Gasteiger partial charge in [-0.1, -0.05) is 44.0 Å². The average Bonchev–Trinajstić information content (AvgIpc) is 3.19. The van der Waals surface area contributed by atoms with Crippen molar-refractivity contribution < 1.29 is 19.2 Å². The molecule has 0 saturated carbocycles. The molecule has 1 amide bonds. The van der Waals surface area contributed by atoms with Gasteiger partial charge in [0.1, 0.15) is 0 Å². The van der Waals surface area contributed by atoms with Crippen LogP contribution in [0.5, 0.6) is 0 Å².